The van der Waals surface area contributed by atoms with Gasteiger partial charge in [0.25, 0.3) is 5.69 Å². The van der Waals surface area contributed by atoms with Crippen LogP contribution in [0.3, 0.4) is 0 Å². The van der Waals surface area contributed by atoms with Gasteiger partial charge < -0.3 is 10.6 Å². The molecule has 0 spiro atoms. The van der Waals surface area contributed by atoms with Crippen LogP contribution in [0.5, 0.6) is 0 Å². The van der Waals surface area contributed by atoms with E-state index in [0.717, 1.165) is 0 Å². The Hall–Kier alpha value is -4.08. The Bertz CT molecular complexity index is 927. The van der Waals surface area contributed by atoms with Crippen molar-refractivity contribution >= 4 is 40.5 Å². The van der Waals surface area contributed by atoms with Crippen LogP contribution in [-0.4, -0.2) is 28.4 Å². The minimum atomic E-state index is -0.984. The first-order valence-corrected chi connectivity index (χ1v) is 8.09. The molecular formula is C18H17N5O5. The molecule has 2 rings (SSSR count). The molecule has 0 saturated carbocycles. The van der Waals surface area contributed by atoms with Crippen molar-refractivity contribution in [1.82, 2.24) is 5.43 Å². The van der Waals surface area contributed by atoms with Crippen molar-refractivity contribution in [1.29, 1.82) is 0 Å². The first-order valence-electron chi connectivity index (χ1n) is 8.09. The van der Waals surface area contributed by atoms with Gasteiger partial charge in [-0.1, -0.05) is 24.3 Å². The predicted molar refractivity (Wildman–Crippen MR) is 103 cm³/mol. The summed E-state index contributed by atoms with van der Waals surface area (Å²) in [4.78, 5) is 45.6. The summed E-state index contributed by atoms with van der Waals surface area (Å²) in [6.45, 7) is 1.49. The molecule has 3 amide bonds. The molecule has 0 atom stereocenters. The van der Waals surface area contributed by atoms with Crippen LogP contribution in [-0.2, 0) is 14.4 Å². The van der Waals surface area contributed by atoms with Crippen LogP contribution in [0.2, 0.25) is 0 Å². The van der Waals surface area contributed by atoms with E-state index in [1.54, 1.807) is 30.3 Å². The molecular weight excluding hydrogens is 366 g/mol. The lowest BCUT2D eigenvalue weighted by Gasteiger charge is -2.06. The van der Waals surface area contributed by atoms with Gasteiger partial charge in [0.15, 0.2) is 0 Å². The Balaban J connectivity index is 1.85. The molecule has 2 aromatic carbocycles. The maximum absolute atomic E-state index is 12.0. The maximum atomic E-state index is 12.0. The lowest BCUT2D eigenvalue weighted by atomic mass is 10.2. The van der Waals surface area contributed by atoms with Gasteiger partial charge in [-0.2, -0.15) is 5.10 Å². The number of hydrogen-bond donors (Lipinski definition) is 3. The van der Waals surface area contributed by atoms with Crippen molar-refractivity contribution in [3.63, 3.8) is 0 Å². The van der Waals surface area contributed by atoms with Crippen molar-refractivity contribution in [2.75, 3.05) is 10.6 Å². The lowest BCUT2D eigenvalue weighted by Crippen LogP contribution is -2.33. The average Bonchev–Trinajstić information content (AvgIpc) is 2.66. The van der Waals surface area contributed by atoms with Gasteiger partial charge in [-0.05, 0) is 25.1 Å². The first kappa shape index (κ1) is 20.2. The van der Waals surface area contributed by atoms with E-state index in [1.807, 2.05) is 0 Å². The molecule has 0 bridgehead atoms. The van der Waals surface area contributed by atoms with Crippen LogP contribution in [0.1, 0.15) is 13.3 Å². The zero-order valence-corrected chi connectivity index (χ0v) is 14.8. The fourth-order valence-electron chi connectivity index (χ4n) is 2.08. The number of nitrogens with zero attached hydrogens (tertiary/aromatic N) is 2. The second-order valence-electron chi connectivity index (χ2n) is 5.64. The Morgan fingerprint density at radius 2 is 1.64 bits per heavy atom. The highest BCUT2D eigenvalue weighted by atomic mass is 16.6. The number of rotatable bonds is 6. The molecule has 3 N–H and O–H groups in total. The molecule has 0 unspecified atom stereocenters. The van der Waals surface area contributed by atoms with Crippen LogP contribution >= 0.6 is 0 Å². The Kier molecular flexibility index (Phi) is 6.92. The van der Waals surface area contributed by atoms with E-state index < -0.39 is 22.6 Å². The fraction of sp³-hybridized carbons (Fsp3) is 0.111. The number of non-ortho nitro benzene ring substituents is 1. The van der Waals surface area contributed by atoms with Gasteiger partial charge in [-0.25, -0.2) is 5.43 Å². The number of anilines is 2. The highest BCUT2D eigenvalue weighted by Gasteiger charge is 2.14. The quantitative estimate of drug-likeness (QED) is 0.303. The van der Waals surface area contributed by atoms with Gasteiger partial charge in [0, 0.05) is 29.2 Å². The number of nitrogens with one attached hydrogen (secondary N) is 3. The standard InChI is InChI=1S/C18H17N5O5/c1-12(10-16(24)19-14-8-5-9-15(11-14)23(27)28)21-22-18(26)17(25)20-13-6-3-2-4-7-13/h2-9,11H,10H2,1H3,(H,19,24)(H,20,25)(H,22,26). The number of amides is 3. The van der Waals surface area contributed by atoms with Gasteiger partial charge in [0.1, 0.15) is 0 Å². The smallest absolute Gasteiger partial charge is 0.326 e. The van der Waals surface area contributed by atoms with Crippen molar-refractivity contribution in [3.8, 4) is 0 Å². The number of carbonyl (C=O) groups is 3. The van der Waals surface area contributed by atoms with E-state index >= 15 is 0 Å². The molecule has 0 aliphatic rings. The van der Waals surface area contributed by atoms with Gasteiger partial charge in [-0.3, -0.25) is 24.5 Å². The Morgan fingerprint density at radius 1 is 0.964 bits per heavy atom. The molecule has 10 heteroatoms. The third-order valence-corrected chi connectivity index (χ3v) is 3.34. The number of nitro groups is 1. The fourth-order valence-corrected chi connectivity index (χ4v) is 2.08. The SMILES string of the molecule is CC(CC(=O)Nc1cccc([N+](=O)[O-])c1)=NNC(=O)C(=O)Nc1ccccc1. The molecule has 0 fully saturated rings. The number of hydrazone groups is 1. The van der Waals surface area contributed by atoms with Crippen LogP contribution in [0.15, 0.2) is 59.7 Å². The van der Waals surface area contributed by atoms with Crippen molar-refractivity contribution < 1.29 is 19.3 Å². The zero-order chi connectivity index (χ0) is 20.5. The average molecular weight is 383 g/mol. The molecule has 0 heterocycles. The maximum Gasteiger partial charge on any atom is 0.329 e. The summed E-state index contributed by atoms with van der Waals surface area (Å²) < 4.78 is 0. The van der Waals surface area contributed by atoms with E-state index in [2.05, 4.69) is 21.2 Å². The Morgan fingerprint density at radius 3 is 2.32 bits per heavy atom. The molecule has 2 aromatic rings. The van der Waals surface area contributed by atoms with E-state index in [9.17, 15) is 24.5 Å². The number of carbonyl (C=O) groups excluding carboxylic acids is 3. The predicted octanol–water partition coefficient (Wildman–Crippen LogP) is 2.05. The summed E-state index contributed by atoms with van der Waals surface area (Å²) in [7, 11) is 0. The largest absolute Gasteiger partial charge is 0.329 e. The van der Waals surface area contributed by atoms with E-state index in [-0.39, 0.29) is 23.5 Å². The normalized spacial score (nSPS) is 10.7. The summed E-state index contributed by atoms with van der Waals surface area (Å²) in [5.41, 5.74) is 2.87. The topological polar surface area (TPSA) is 143 Å². The van der Waals surface area contributed by atoms with E-state index in [1.165, 1.54) is 31.2 Å². The second kappa shape index (κ2) is 9.57. The summed E-state index contributed by atoms with van der Waals surface area (Å²) in [6.07, 6.45) is -0.177. The number of nitro benzene ring substituents is 1. The van der Waals surface area contributed by atoms with Crippen LogP contribution in [0.25, 0.3) is 0 Å². The third kappa shape index (κ3) is 6.33. The van der Waals surface area contributed by atoms with Gasteiger partial charge in [0.05, 0.1) is 11.3 Å². The van der Waals surface area contributed by atoms with Crippen molar-refractivity contribution in [2.24, 2.45) is 5.10 Å². The third-order valence-electron chi connectivity index (χ3n) is 3.34. The van der Waals surface area contributed by atoms with Crippen molar-refractivity contribution in [3.05, 3.63) is 64.7 Å². The van der Waals surface area contributed by atoms with E-state index in [0.29, 0.717) is 5.69 Å². The van der Waals surface area contributed by atoms with Crippen LogP contribution in [0, 0.1) is 10.1 Å². The number of benzene rings is 2. The first-order chi connectivity index (χ1) is 13.3. The highest BCUT2D eigenvalue weighted by molar-refractivity contribution is 6.39. The minimum absolute atomic E-state index is 0.153. The van der Waals surface area contributed by atoms with Gasteiger partial charge in [0.2, 0.25) is 5.91 Å². The summed E-state index contributed by atoms with van der Waals surface area (Å²) in [5, 5.41) is 19.3. The minimum Gasteiger partial charge on any atom is -0.326 e. The molecule has 10 nitrogen and oxygen atoms in total. The number of para-hydroxylation sites is 1. The van der Waals surface area contributed by atoms with Crippen LogP contribution in [0.4, 0.5) is 17.1 Å². The highest BCUT2D eigenvalue weighted by Crippen LogP contribution is 2.17. The molecule has 0 radical (unpaired) electrons. The molecule has 0 saturated heterocycles. The van der Waals surface area contributed by atoms with E-state index in [4.69, 9.17) is 0 Å². The van der Waals surface area contributed by atoms with Gasteiger partial charge >= 0.3 is 11.8 Å². The van der Waals surface area contributed by atoms with Crippen molar-refractivity contribution in [2.45, 2.75) is 13.3 Å². The molecule has 28 heavy (non-hydrogen) atoms. The monoisotopic (exact) mass is 383 g/mol. The summed E-state index contributed by atoms with van der Waals surface area (Å²) >= 11 is 0. The molecule has 0 aromatic heterocycles. The summed E-state index contributed by atoms with van der Waals surface area (Å²) in [6, 6.07) is 13.9. The Labute approximate surface area is 159 Å². The van der Waals surface area contributed by atoms with Gasteiger partial charge in [-0.15, -0.1) is 0 Å². The lowest BCUT2D eigenvalue weighted by molar-refractivity contribution is -0.384. The second-order valence-corrected chi connectivity index (χ2v) is 5.64. The molecule has 0 aliphatic carbocycles. The zero-order valence-electron chi connectivity index (χ0n) is 14.8. The number of hydrogen-bond acceptors (Lipinski definition) is 6. The molecule has 0 aliphatic heterocycles. The summed E-state index contributed by atoms with van der Waals surface area (Å²) in [5.74, 6) is -2.36. The molecule has 144 valence electrons. The van der Waals surface area contributed by atoms with Crippen LogP contribution < -0.4 is 16.1 Å².